The molecule has 2 aromatic carbocycles. The van der Waals surface area contributed by atoms with E-state index in [9.17, 15) is 9.18 Å². The van der Waals surface area contributed by atoms with Crippen molar-refractivity contribution in [2.45, 2.75) is 6.04 Å². The summed E-state index contributed by atoms with van der Waals surface area (Å²) >= 11 is 1.36. The van der Waals surface area contributed by atoms with Crippen molar-refractivity contribution in [2.75, 3.05) is 20.6 Å². The number of aromatic nitrogens is 1. The molecule has 1 unspecified atom stereocenters. The van der Waals surface area contributed by atoms with Crippen LogP contribution in [0.2, 0.25) is 0 Å². The van der Waals surface area contributed by atoms with E-state index < -0.39 is 0 Å². The minimum absolute atomic E-state index is 0.115. The molecular weight excluding hydrogens is 349 g/mol. The predicted molar refractivity (Wildman–Crippen MR) is 103 cm³/mol. The fraction of sp³-hybridized carbons (Fsp3) is 0.200. The van der Waals surface area contributed by atoms with Crippen molar-refractivity contribution in [2.24, 2.45) is 0 Å². The number of thiazole rings is 1. The number of nitrogens with one attached hydrogen (secondary N) is 1. The highest BCUT2D eigenvalue weighted by molar-refractivity contribution is 7.16. The summed E-state index contributed by atoms with van der Waals surface area (Å²) in [6, 6.07) is 16.1. The number of carbonyl (C=O) groups excluding carboxylic acids is 1. The minimum Gasteiger partial charge on any atom is -0.349 e. The summed E-state index contributed by atoms with van der Waals surface area (Å²) in [7, 11) is 3.81. The average Bonchev–Trinajstić information content (AvgIpc) is 3.12. The van der Waals surface area contributed by atoms with Crippen molar-refractivity contribution < 1.29 is 9.18 Å². The Morgan fingerprint density at radius 1 is 1.19 bits per heavy atom. The first-order chi connectivity index (χ1) is 12.5. The Morgan fingerprint density at radius 2 is 1.96 bits per heavy atom. The molecule has 0 spiro atoms. The van der Waals surface area contributed by atoms with E-state index in [0.717, 1.165) is 16.1 Å². The topological polar surface area (TPSA) is 45.2 Å². The van der Waals surface area contributed by atoms with Crippen LogP contribution in [0.15, 0.2) is 60.8 Å². The molecule has 1 amide bonds. The van der Waals surface area contributed by atoms with Crippen LogP contribution in [0, 0.1) is 5.82 Å². The van der Waals surface area contributed by atoms with Gasteiger partial charge in [0.25, 0.3) is 5.91 Å². The molecule has 0 aliphatic rings. The largest absolute Gasteiger partial charge is 0.349 e. The Kier molecular flexibility index (Phi) is 5.75. The minimum atomic E-state index is -0.282. The lowest BCUT2D eigenvalue weighted by Crippen LogP contribution is -2.34. The van der Waals surface area contributed by atoms with Crippen LogP contribution < -0.4 is 5.32 Å². The van der Waals surface area contributed by atoms with E-state index in [-0.39, 0.29) is 17.8 Å². The maximum absolute atomic E-state index is 13.5. The lowest BCUT2D eigenvalue weighted by Gasteiger charge is -2.25. The summed E-state index contributed by atoms with van der Waals surface area (Å²) in [5, 5.41) is 3.74. The summed E-state index contributed by atoms with van der Waals surface area (Å²) in [5.41, 5.74) is 1.81. The van der Waals surface area contributed by atoms with Crippen molar-refractivity contribution >= 4 is 17.2 Å². The van der Waals surface area contributed by atoms with Crippen LogP contribution in [0.5, 0.6) is 0 Å². The first kappa shape index (κ1) is 18.2. The predicted octanol–water partition coefficient (Wildman–Crippen LogP) is 3.98. The second kappa shape index (κ2) is 8.21. The molecule has 0 aliphatic carbocycles. The van der Waals surface area contributed by atoms with E-state index in [0.29, 0.717) is 11.4 Å². The smallest absolute Gasteiger partial charge is 0.263 e. The first-order valence-electron chi connectivity index (χ1n) is 8.26. The van der Waals surface area contributed by atoms with Gasteiger partial charge in [-0.15, -0.1) is 11.3 Å². The van der Waals surface area contributed by atoms with Crippen molar-refractivity contribution in [3.8, 4) is 10.6 Å². The van der Waals surface area contributed by atoms with Gasteiger partial charge in [0.1, 0.15) is 15.7 Å². The zero-order valence-corrected chi connectivity index (χ0v) is 15.5. The number of amides is 1. The third-order valence-electron chi connectivity index (χ3n) is 4.06. The molecule has 1 atom stereocenters. The van der Waals surface area contributed by atoms with E-state index in [2.05, 4.69) is 10.3 Å². The summed E-state index contributed by atoms with van der Waals surface area (Å²) in [5.74, 6) is -0.455. The molecule has 6 heteroatoms. The van der Waals surface area contributed by atoms with Crippen LogP contribution in [0.3, 0.4) is 0 Å². The van der Waals surface area contributed by atoms with Gasteiger partial charge in [0.15, 0.2) is 0 Å². The SMILES string of the molecule is CN(C)C(CNC(=O)c1cnc(-c2ccccc2)s1)c1cccc(F)c1. The number of nitrogens with zero attached hydrogens (tertiary/aromatic N) is 2. The molecule has 26 heavy (non-hydrogen) atoms. The summed E-state index contributed by atoms with van der Waals surface area (Å²) in [4.78, 5) is 19.3. The van der Waals surface area contributed by atoms with Crippen molar-refractivity contribution in [1.29, 1.82) is 0 Å². The molecule has 0 saturated carbocycles. The fourth-order valence-electron chi connectivity index (χ4n) is 2.68. The maximum atomic E-state index is 13.5. The van der Waals surface area contributed by atoms with Crippen molar-refractivity contribution in [3.63, 3.8) is 0 Å². The molecule has 3 rings (SSSR count). The van der Waals surface area contributed by atoms with Gasteiger partial charge >= 0.3 is 0 Å². The number of hydrogen-bond acceptors (Lipinski definition) is 4. The highest BCUT2D eigenvalue weighted by atomic mass is 32.1. The fourth-order valence-corrected chi connectivity index (χ4v) is 3.52. The number of rotatable bonds is 6. The average molecular weight is 369 g/mol. The molecule has 0 fully saturated rings. The lowest BCUT2D eigenvalue weighted by atomic mass is 10.1. The van der Waals surface area contributed by atoms with Crippen LogP contribution in [0.1, 0.15) is 21.3 Å². The molecular formula is C20H20FN3OS. The van der Waals surface area contributed by atoms with Gasteiger partial charge in [-0.1, -0.05) is 42.5 Å². The maximum Gasteiger partial charge on any atom is 0.263 e. The molecule has 0 bridgehead atoms. The molecule has 0 saturated heterocycles. The third-order valence-corrected chi connectivity index (χ3v) is 5.11. The number of hydrogen-bond donors (Lipinski definition) is 1. The number of carbonyl (C=O) groups is 1. The quantitative estimate of drug-likeness (QED) is 0.715. The zero-order valence-electron chi connectivity index (χ0n) is 14.6. The van der Waals surface area contributed by atoms with Gasteiger partial charge in [0, 0.05) is 12.1 Å². The molecule has 1 heterocycles. The number of halogens is 1. The summed E-state index contributed by atoms with van der Waals surface area (Å²) < 4.78 is 13.5. The van der Waals surface area contributed by atoms with Gasteiger partial charge in [0.05, 0.1) is 12.2 Å². The van der Waals surface area contributed by atoms with Crippen molar-refractivity contribution in [1.82, 2.24) is 15.2 Å². The van der Waals surface area contributed by atoms with Gasteiger partial charge in [0.2, 0.25) is 0 Å². The Morgan fingerprint density at radius 3 is 2.65 bits per heavy atom. The third kappa shape index (κ3) is 4.33. The van der Waals surface area contributed by atoms with E-state index in [4.69, 9.17) is 0 Å². The molecule has 0 aliphatic heterocycles. The molecule has 1 aromatic heterocycles. The standard InChI is InChI=1S/C20H20FN3OS/c1-24(2)17(15-9-6-10-16(21)11-15)12-22-19(25)18-13-23-20(26-18)14-7-4-3-5-8-14/h3-11,13,17H,12H2,1-2H3,(H,22,25). The monoisotopic (exact) mass is 369 g/mol. The molecule has 134 valence electrons. The highest BCUT2D eigenvalue weighted by Crippen LogP contribution is 2.25. The van der Waals surface area contributed by atoms with E-state index >= 15 is 0 Å². The van der Waals surface area contributed by atoms with Gasteiger partial charge in [-0.05, 0) is 31.8 Å². The van der Waals surface area contributed by atoms with Crippen LogP contribution >= 0.6 is 11.3 Å². The Balaban J connectivity index is 1.68. The number of likely N-dealkylation sites (N-methyl/N-ethyl adjacent to an activating group) is 1. The van der Waals surface area contributed by atoms with E-state index in [1.807, 2.05) is 55.4 Å². The normalized spacial score (nSPS) is 12.2. The molecule has 1 N–H and O–H groups in total. The summed E-state index contributed by atoms with van der Waals surface area (Å²) in [6.07, 6.45) is 1.59. The second-order valence-electron chi connectivity index (χ2n) is 6.14. The van der Waals surface area contributed by atoms with Gasteiger partial charge in [-0.25, -0.2) is 9.37 Å². The Bertz CT molecular complexity index is 880. The lowest BCUT2D eigenvalue weighted by molar-refractivity contribution is 0.0946. The van der Waals surface area contributed by atoms with Gasteiger partial charge in [-0.3, -0.25) is 4.79 Å². The van der Waals surface area contributed by atoms with E-state index in [1.165, 1.54) is 23.5 Å². The van der Waals surface area contributed by atoms with Gasteiger partial charge in [-0.2, -0.15) is 0 Å². The van der Waals surface area contributed by atoms with Crippen LogP contribution in [-0.2, 0) is 0 Å². The van der Waals surface area contributed by atoms with Gasteiger partial charge < -0.3 is 10.2 Å². The molecule has 4 nitrogen and oxygen atoms in total. The second-order valence-corrected chi connectivity index (χ2v) is 7.17. The zero-order chi connectivity index (χ0) is 18.5. The molecule has 0 radical (unpaired) electrons. The van der Waals surface area contributed by atoms with Crippen LogP contribution in [0.25, 0.3) is 10.6 Å². The van der Waals surface area contributed by atoms with E-state index in [1.54, 1.807) is 12.3 Å². The number of benzene rings is 2. The summed E-state index contributed by atoms with van der Waals surface area (Å²) in [6.45, 7) is 0.383. The molecule has 3 aromatic rings. The Hall–Kier alpha value is -2.57. The van der Waals surface area contributed by atoms with Crippen LogP contribution in [-0.4, -0.2) is 36.4 Å². The van der Waals surface area contributed by atoms with Crippen LogP contribution in [0.4, 0.5) is 4.39 Å². The Labute approximate surface area is 156 Å². The highest BCUT2D eigenvalue weighted by Gasteiger charge is 2.18. The van der Waals surface area contributed by atoms with Crippen molar-refractivity contribution in [3.05, 3.63) is 77.1 Å². The first-order valence-corrected chi connectivity index (χ1v) is 9.07.